The molecule has 23 heavy (non-hydrogen) atoms. The minimum absolute atomic E-state index is 0.184. The lowest BCUT2D eigenvalue weighted by Gasteiger charge is -2.33. The van der Waals surface area contributed by atoms with Gasteiger partial charge in [0.05, 0.1) is 6.10 Å². The third-order valence-corrected chi connectivity index (χ3v) is 4.78. The Morgan fingerprint density at radius 2 is 1.83 bits per heavy atom. The maximum absolute atomic E-state index is 12.2. The molecule has 0 saturated carbocycles. The highest BCUT2D eigenvalue weighted by Gasteiger charge is 2.24. The lowest BCUT2D eigenvalue weighted by molar-refractivity contribution is -0.132. The number of carbonyl (C=O) groups is 1. The summed E-state index contributed by atoms with van der Waals surface area (Å²) in [6.45, 7) is 7.75. The molecule has 1 unspecified atom stereocenters. The highest BCUT2D eigenvalue weighted by Crippen LogP contribution is 2.21. The van der Waals surface area contributed by atoms with E-state index in [1.54, 1.807) is 0 Å². The fraction of sp³-hybridized carbons (Fsp3) is 0.550. The van der Waals surface area contributed by atoms with Crippen molar-refractivity contribution in [2.24, 2.45) is 5.92 Å². The van der Waals surface area contributed by atoms with Crippen LogP contribution in [0.2, 0.25) is 0 Å². The van der Waals surface area contributed by atoms with Crippen LogP contribution < -0.4 is 0 Å². The lowest BCUT2D eigenvalue weighted by atomic mass is 9.92. The zero-order valence-corrected chi connectivity index (χ0v) is 14.5. The van der Waals surface area contributed by atoms with Crippen LogP contribution in [0.25, 0.3) is 6.08 Å². The Morgan fingerprint density at radius 1 is 1.22 bits per heavy atom. The van der Waals surface area contributed by atoms with Crippen molar-refractivity contribution in [3.05, 3.63) is 41.5 Å². The third-order valence-electron chi connectivity index (χ3n) is 4.78. The molecule has 2 rings (SSSR count). The Balaban J connectivity index is 1.80. The lowest BCUT2D eigenvalue weighted by Crippen LogP contribution is -2.40. The first-order chi connectivity index (χ1) is 11.0. The summed E-state index contributed by atoms with van der Waals surface area (Å²) in [6, 6.07) is 8.49. The van der Waals surface area contributed by atoms with Crippen LogP contribution in [-0.4, -0.2) is 35.1 Å². The average molecular weight is 315 g/mol. The van der Waals surface area contributed by atoms with Crippen LogP contribution in [0.1, 0.15) is 57.1 Å². The smallest absolute Gasteiger partial charge is 0.226 e. The van der Waals surface area contributed by atoms with E-state index in [1.807, 2.05) is 24.0 Å². The van der Waals surface area contributed by atoms with Crippen molar-refractivity contribution in [1.29, 1.82) is 0 Å². The van der Waals surface area contributed by atoms with Crippen molar-refractivity contribution in [3.63, 3.8) is 0 Å². The van der Waals surface area contributed by atoms with E-state index < -0.39 is 0 Å². The van der Waals surface area contributed by atoms with Crippen LogP contribution in [0, 0.1) is 5.92 Å². The molecule has 1 amide bonds. The van der Waals surface area contributed by atoms with E-state index in [9.17, 15) is 9.90 Å². The van der Waals surface area contributed by atoms with Crippen molar-refractivity contribution in [2.75, 3.05) is 13.1 Å². The van der Waals surface area contributed by atoms with E-state index in [-0.39, 0.29) is 12.0 Å². The van der Waals surface area contributed by atoms with E-state index in [0.717, 1.165) is 31.5 Å². The molecule has 1 fully saturated rings. The third kappa shape index (κ3) is 5.21. The number of carbonyl (C=O) groups excluding carboxylic acids is 1. The van der Waals surface area contributed by atoms with Gasteiger partial charge < -0.3 is 10.0 Å². The molecule has 1 saturated heterocycles. The largest absolute Gasteiger partial charge is 0.393 e. The molecule has 0 aromatic heterocycles. The van der Waals surface area contributed by atoms with Crippen LogP contribution in [-0.2, 0) is 4.79 Å². The van der Waals surface area contributed by atoms with E-state index in [0.29, 0.717) is 18.3 Å². The molecule has 0 radical (unpaired) electrons. The predicted molar refractivity (Wildman–Crippen MR) is 95.2 cm³/mol. The summed E-state index contributed by atoms with van der Waals surface area (Å²) in [5, 5.41) is 9.61. The SMILES string of the molecule is CC(C)c1ccc(/C=C/CC(=O)N2CCC(C(C)O)CC2)cc1. The molecule has 1 aliphatic rings. The number of hydrogen-bond donors (Lipinski definition) is 1. The van der Waals surface area contributed by atoms with Crippen molar-refractivity contribution in [3.8, 4) is 0 Å². The van der Waals surface area contributed by atoms with E-state index in [1.165, 1.54) is 5.56 Å². The number of benzene rings is 1. The molecule has 0 spiro atoms. The Morgan fingerprint density at radius 3 is 2.35 bits per heavy atom. The first-order valence-corrected chi connectivity index (χ1v) is 8.69. The van der Waals surface area contributed by atoms with Crippen LogP contribution in [0.3, 0.4) is 0 Å². The quantitative estimate of drug-likeness (QED) is 0.897. The maximum Gasteiger partial charge on any atom is 0.226 e. The molecule has 1 atom stereocenters. The molecule has 1 aliphatic heterocycles. The Hall–Kier alpha value is -1.61. The predicted octanol–water partition coefficient (Wildman–Crippen LogP) is 3.83. The maximum atomic E-state index is 12.2. The summed E-state index contributed by atoms with van der Waals surface area (Å²) in [6.07, 6.45) is 5.97. The molecule has 1 aromatic rings. The molecular weight excluding hydrogens is 286 g/mol. The second kappa shape index (κ2) is 8.30. The minimum atomic E-state index is -0.263. The molecule has 1 N–H and O–H groups in total. The molecule has 1 aromatic carbocycles. The van der Waals surface area contributed by atoms with Gasteiger partial charge in [-0.25, -0.2) is 0 Å². The second-order valence-electron chi connectivity index (χ2n) is 6.89. The summed E-state index contributed by atoms with van der Waals surface area (Å²) in [4.78, 5) is 14.1. The van der Waals surface area contributed by atoms with E-state index >= 15 is 0 Å². The number of hydrogen-bond acceptors (Lipinski definition) is 2. The number of rotatable bonds is 5. The van der Waals surface area contributed by atoms with Gasteiger partial charge in [0, 0.05) is 19.5 Å². The number of amides is 1. The second-order valence-corrected chi connectivity index (χ2v) is 6.89. The molecular formula is C20H29NO2. The Labute approximate surface area is 140 Å². The fourth-order valence-electron chi connectivity index (χ4n) is 3.05. The summed E-state index contributed by atoms with van der Waals surface area (Å²) in [5.74, 6) is 1.07. The first kappa shape index (κ1) is 17.7. The van der Waals surface area contributed by atoms with Crippen molar-refractivity contribution < 1.29 is 9.90 Å². The molecule has 0 aliphatic carbocycles. The van der Waals surface area contributed by atoms with E-state index in [4.69, 9.17) is 0 Å². The molecule has 0 bridgehead atoms. The highest BCUT2D eigenvalue weighted by molar-refractivity contribution is 5.78. The van der Waals surface area contributed by atoms with Crippen LogP contribution in [0.4, 0.5) is 0 Å². The van der Waals surface area contributed by atoms with E-state index in [2.05, 4.69) is 38.1 Å². The molecule has 1 heterocycles. The summed E-state index contributed by atoms with van der Waals surface area (Å²) in [7, 11) is 0. The van der Waals surface area contributed by atoms with Gasteiger partial charge >= 0.3 is 0 Å². The highest BCUT2D eigenvalue weighted by atomic mass is 16.3. The van der Waals surface area contributed by atoms with Gasteiger partial charge in [0.15, 0.2) is 0 Å². The standard InChI is InChI=1S/C20H29NO2/c1-15(2)18-9-7-17(8-10-18)5-4-6-20(23)21-13-11-19(12-14-21)16(3)22/h4-5,7-10,15-16,19,22H,6,11-14H2,1-3H3/b5-4+. The van der Waals surface area contributed by atoms with Gasteiger partial charge in [-0.05, 0) is 42.7 Å². The normalized spacial score (nSPS) is 17.9. The Kier molecular flexibility index (Phi) is 6.40. The number of aliphatic hydroxyl groups excluding tert-OH is 1. The van der Waals surface area contributed by atoms with Gasteiger partial charge in [0.25, 0.3) is 0 Å². The molecule has 126 valence electrons. The first-order valence-electron chi connectivity index (χ1n) is 8.69. The summed E-state index contributed by atoms with van der Waals surface area (Å²) in [5.41, 5.74) is 2.47. The topological polar surface area (TPSA) is 40.5 Å². The average Bonchev–Trinajstić information content (AvgIpc) is 2.55. The van der Waals surface area contributed by atoms with Crippen LogP contribution >= 0.6 is 0 Å². The van der Waals surface area contributed by atoms with Crippen molar-refractivity contribution in [1.82, 2.24) is 4.90 Å². The Bertz CT molecular complexity index is 523. The molecule has 3 nitrogen and oxygen atoms in total. The number of nitrogens with zero attached hydrogens (tertiary/aromatic N) is 1. The number of aliphatic hydroxyl groups is 1. The zero-order valence-electron chi connectivity index (χ0n) is 14.5. The van der Waals surface area contributed by atoms with Gasteiger partial charge in [-0.3, -0.25) is 4.79 Å². The van der Waals surface area contributed by atoms with Gasteiger partial charge in [-0.1, -0.05) is 50.3 Å². The zero-order chi connectivity index (χ0) is 16.8. The summed E-state index contributed by atoms with van der Waals surface area (Å²) >= 11 is 0. The number of piperidine rings is 1. The van der Waals surface area contributed by atoms with Gasteiger partial charge in [-0.15, -0.1) is 0 Å². The van der Waals surface area contributed by atoms with Gasteiger partial charge in [-0.2, -0.15) is 0 Å². The minimum Gasteiger partial charge on any atom is -0.393 e. The van der Waals surface area contributed by atoms with Crippen molar-refractivity contribution >= 4 is 12.0 Å². The number of likely N-dealkylation sites (tertiary alicyclic amines) is 1. The molecule has 3 heteroatoms. The van der Waals surface area contributed by atoms with Gasteiger partial charge in [0.2, 0.25) is 5.91 Å². The van der Waals surface area contributed by atoms with Crippen LogP contribution in [0.15, 0.2) is 30.3 Å². The monoisotopic (exact) mass is 315 g/mol. The van der Waals surface area contributed by atoms with Crippen molar-refractivity contribution in [2.45, 2.75) is 52.1 Å². The summed E-state index contributed by atoms with van der Waals surface area (Å²) < 4.78 is 0. The van der Waals surface area contributed by atoms with Crippen LogP contribution in [0.5, 0.6) is 0 Å². The van der Waals surface area contributed by atoms with Gasteiger partial charge in [0.1, 0.15) is 0 Å². The fourth-order valence-corrected chi connectivity index (χ4v) is 3.05.